The predicted molar refractivity (Wildman–Crippen MR) is 112 cm³/mol. The number of hydrogen-bond donors (Lipinski definition) is 7. The van der Waals surface area contributed by atoms with Gasteiger partial charge in [0, 0.05) is 19.1 Å². The average molecular weight is 504 g/mol. The fourth-order valence-electron chi connectivity index (χ4n) is 3.83. The zero-order valence-corrected chi connectivity index (χ0v) is 18.5. The number of aliphatic hydroxyl groups excluding tert-OH is 6. The molecule has 35 heavy (non-hydrogen) atoms. The van der Waals surface area contributed by atoms with Crippen molar-refractivity contribution < 1.29 is 59.3 Å². The number of non-ortho nitro benzene ring substituents is 1. The maximum atomic E-state index is 11.9. The highest BCUT2D eigenvalue weighted by molar-refractivity contribution is 5.73. The van der Waals surface area contributed by atoms with E-state index >= 15 is 0 Å². The van der Waals surface area contributed by atoms with E-state index in [1.54, 1.807) is 0 Å². The van der Waals surface area contributed by atoms with Crippen LogP contribution in [-0.4, -0.2) is 116 Å². The monoisotopic (exact) mass is 504 g/mol. The summed E-state index contributed by atoms with van der Waals surface area (Å²) in [5, 5.41) is 73.6. The third-order valence-electron chi connectivity index (χ3n) is 5.66. The standard InChI is InChI=1S/C20H28N2O13/c1-8(25)21-13-18(35-20-17(29)16(28)14(26)11(6-23)34-20)15(27)12(7-24)33-19(13)32-10-4-2-9(3-5-10)22(30)31/h2-5,11-20,23-24,26-29H,6-7H2,1H3,(H,21,25)/t11-,12-,13-,14+,15+,16+,17-,18?,19+,20+/m1/s1. The lowest BCUT2D eigenvalue weighted by Crippen LogP contribution is -2.68. The molecule has 3 rings (SSSR count). The molecular weight excluding hydrogens is 476 g/mol. The molecule has 1 aromatic rings. The second-order valence-electron chi connectivity index (χ2n) is 8.11. The maximum Gasteiger partial charge on any atom is 0.269 e. The molecule has 1 unspecified atom stereocenters. The minimum absolute atomic E-state index is 0.0932. The SMILES string of the molecule is CC(=O)N[C@@H]1C(O[C@@H]2O[C@H](CO)[C@H](O)[C@H](O)[C@H]2O)[C@@H](O)[C@@H](CO)O[C@@H]1Oc1ccc([N+](=O)[O-])cc1. The van der Waals surface area contributed by atoms with Crippen LogP contribution in [0, 0.1) is 10.1 Å². The van der Waals surface area contributed by atoms with Crippen molar-refractivity contribution in [3.05, 3.63) is 34.4 Å². The number of nitrogens with one attached hydrogen (secondary N) is 1. The first-order chi connectivity index (χ1) is 16.6. The molecule has 0 aromatic heterocycles. The molecule has 15 nitrogen and oxygen atoms in total. The lowest BCUT2D eigenvalue weighted by Gasteiger charge is -2.47. The zero-order chi connectivity index (χ0) is 25.9. The Balaban J connectivity index is 1.88. The van der Waals surface area contributed by atoms with Crippen molar-refractivity contribution in [1.29, 1.82) is 0 Å². The minimum atomic E-state index is -1.80. The number of nitrogens with zero attached hydrogens (tertiary/aromatic N) is 1. The number of nitro groups is 1. The number of benzene rings is 1. The topological polar surface area (TPSA) is 231 Å². The maximum absolute atomic E-state index is 11.9. The Morgan fingerprint density at radius 1 is 0.971 bits per heavy atom. The van der Waals surface area contributed by atoms with Gasteiger partial charge in [0.15, 0.2) is 6.29 Å². The Bertz CT molecular complexity index is 869. The first kappa shape index (κ1) is 27.1. The van der Waals surface area contributed by atoms with Crippen LogP contribution >= 0.6 is 0 Å². The second-order valence-corrected chi connectivity index (χ2v) is 8.11. The van der Waals surface area contributed by atoms with Crippen LogP contribution in [0.1, 0.15) is 6.92 Å². The number of carbonyl (C=O) groups excluding carboxylic acids is 1. The fraction of sp³-hybridized carbons (Fsp3) is 0.650. The van der Waals surface area contributed by atoms with E-state index < -0.39 is 85.4 Å². The fourth-order valence-corrected chi connectivity index (χ4v) is 3.83. The van der Waals surface area contributed by atoms with E-state index in [-0.39, 0.29) is 11.4 Å². The summed E-state index contributed by atoms with van der Waals surface area (Å²) in [5.74, 6) is -0.497. The molecule has 196 valence electrons. The van der Waals surface area contributed by atoms with Crippen LogP contribution in [0.3, 0.4) is 0 Å². The molecule has 15 heteroatoms. The number of ether oxygens (including phenoxy) is 4. The molecule has 2 aliphatic heterocycles. The van der Waals surface area contributed by atoms with Gasteiger partial charge in [0.25, 0.3) is 5.69 Å². The molecule has 2 aliphatic rings. The van der Waals surface area contributed by atoms with Crippen LogP contribution in [0.5, 0.6) is 5.75 Å². The van der Waals surface area contributed by atoms with Crippen LogP contribution in [0.15, 0.2) is 24.3 Å². The third-order valence-corrected chi connectivity index (χ3v) is 5.66. The number of amides is 1. The lowest BCUT2D eigenvalue weighted by molar-refractivity contribution is -0.384. The molecule has 0 spiro atoms. The predicted octanol–water partition coefficient (Wildman–Crippen LogP) is -3.26. The number of rotatable bonds is 8. The quantitative estimate of drug-likeness (QED) is 0.136. The van der Waals surface area contributed by atoms with Gasteiger partial charge in [-0.05, 0) is 12.1 Å². The molecule has 0 saturated carbocycles. The molecule has 2 saturated heterocycles. The van der Waals surface area contributed by atoms with Gasteiger partial charge >= 0.3 is 0 Å². The summed E-state index contributed by atoms with van der Waals surface area (Å²) >= 11 is 0. The van der Waals surface area contributed by atoms with E-state index in [2.05, 4.69) is 5.32 Å². The van der Waals surface area contributed by atoms with Crippen molar-refractivity contribution >= 4 is 11.6 Å². The van der Waals surface area contributed by atoms with Gasteiger partial charge in [-0.1, -0.05) is 0 Å². The average Bonchev–Trinajstić information content (AvgIpc) is 2.82. The Hall–Kier alpha value is -2.47. The largest absolute Gasteiger partial charge is 0.463 e. The smallest absolute Gasteiger partial charge is 0.269 e. The van der Waals surface area contributed by atoms with Gasteiger partial charge in [-0.25, -0.2) is 0 Å². The highest BCUT2D eigenvalue weighted by Gasteiger charge is 2.52. The van der Waals surface area contributed by atoms with E-state index in [1.807, 2.05) is 0 Å². The first-order valence-corrected chi connectivity index (χ1v) is 10.7. The Kier molecular flexibility index (Phi) is 8.92. The summed E-state index contributed by atoms with van der Waals surface area (Å²) in [6.45, 7) is -0.262. The van der Waals surface area contributed by atoms with Crippen LogP contribution < -0.4 is 10.1 Å². The molecule has 1 aromatic carbocycles. The number of hydrogen-bond acceptors (Lipinski definition) is 13. The van der Waals surface area contributed by atoms with E-state index in [0.717, 1.165) is 0 Å². The number of nitro benzene ring substituents is 1. The van der Waals surface area contributed by atoms with Crippen LogP contribution in [0.25, 0.3) is 0 Å². The summed E-state index contributed by atoms with van der Waals surface area (Å²) in [5.41, 5.74) is -0.201. The van der Waals surface area contributed by atoms with Crippen LogP contribution in [0.2, 0.25) is 0 Å². The summed E-state index contributed by atoms with van der Waals surface area (Å²) in [6, 6.07) is 3.63. The minimum Gasteiger partial charge on any atom is -0.463 e. The highest BCUT2D eigenvalue weighted by Crippen LogP contribution is 2.31. The highest BCUT2D eigenvalue weighted by atomic mass is 16.7. The van der Waals surface area contributed by atoms with Gasteiger partial charge in [-0.2, -0.15) is 0 Å². The molecule has 7 N–H and O–H groups in total. The van der Waals surface area contributed by atoms with E-state index in [1.165, 1.54) is 31.2 Å². The summed E-state index contributed by atoms with van der Waals surface area (Å²) < 4.78 is 22.3. The van der Waals surface area contributed by atoms with Gasteiger partial charge in [-0.15, -0.1) is 0 Å². The van der Waals surface area contributed by atoms with Gasteiger partial charge in [0.05, 0.1) is 18.1 Å². The molecule has 2 heterocycles. The molecular formula is C20H28N2O13. The number of carbonyl (C=O) groups is 1. The molecule has 1 amide bonds. The van der Waals surface area contributed by atoms with Crippen molar-refractivity contribution in [2.45, 2.75) is 68.3 Å². The van der Waals surface area contributed by atoms with E-state index in [0.29, 0.717) is 0 Å². The van der Waals surface area contributed by atoms with E-state index in [4.69, 9.17) is 18.9 Å². The summed E-state index contributed by atoms with van der Waals surface area (Å²) in [4.78, 5) is 22.2. The van der Waals surface area contributed by atoms with Crippen molar-refractivity contribution in [2.75, 3.05) is 13.2 Å². The number of aliphatic hydroxyl groups is 6. The van der Waals surface area contributed by atoms with Crippen molar-refractivity contribution in [1.82, 2.24) is 5.32 Å². The second kappa shape index (κ2) is 11.5. The lowest BCUT2D eigenvalue weighted by atomic mass is 9.95. The van der Waals surface area contributed by atoms with Crippen molar-refractivity contribution in [3.63, 3.8) is 0 Å². The van der Waals surface area contributed by atoms with Gasteiger partial charge in [0.1, 0.15) is 54.5 Å². The Morgan fingerprint density at radius 2 is 1.54 bits per heavy atom. The molecule has 2 fully saturated rings. The molecule has 0 radical (unpaired) electrons. The third kappa shape index (κ3) is 6.03. The summed E-state index contributed by atoms with van der Waals surface area (Å²) in [7, 11) is 0. The molecule has 0 aliphatic carbocycles. The molecule has 10 atom stereocenters. The Labute approximate surface area is 198 Å². The van der Waals surface area contributed by atoms with Gasteiger partial charge in [0.2, 0.25) is 12.2 Å². The normalized spacial score (nSPS) is 37.5. The first-order valence-electron chi connectivity index (χ1n) is 10.7. The Morgan fingerprint density at radius 3 is 2.09 bits per heavy atom. The van der Waals surface area contributed by atoms with Gasteiger partial charge < -0.3 is 54.9 Å². The van der Waals surface area contributed by atoms with Crippen molar-refractivity contribution in [2.24, 2.45) is 0 Å². The zero-order valence-electron chi connectivity index (χ0n) is 18.5. The van der Waals surface area contributed by atoms with Crippen molar-refractivity contribution in [3.8, 4) is 5.75 Å². The van der Waals surface area contributed by atoms with E-state index in [9.17, 15) is 45.5 Å². The molecule has 0 bridgehead atoms. The van der Waals surface area contributed by atoms with Gasteiger partial charge in [-0.3, -0.25) is 14.9 Å². The van der Waals surface area contributed by atoms with Crippen LogP contribution in [-0.2, 0) is 19.0 Å². The van der Waals surface area contributed by atoms with Crippen LogP contribution in [0.4, 0.5) is 5.69 Å². The summed E-state index contributed by atoms with van der Waals surface area (Å²) in [6.07, 6.45) is -13.9.